The molecule has 0 spiro atoms. The molecular weight excluding hydrogens is 244 g/mol. The number of nitrogens with two attached hydrogens (primary N) is 1. The van der Waals surface area contributed by atoms with Crippen LogP contribution in [0.15, 0.2) is 17.1 Å². The zero-order valence-electron chi connectivity index (χ0n) is 9.33. The Balaban J connectivity index is 2.51. The highest BCUT2D eigenvalue weighted by Crippen LogP contribution is 2.20. The van der Waals surface area contributed by atoms with Crippen molar-refractivity contribution in [1.29, 1.82) is 0 Å². The van der Waals surface area contributed by atoms with E-state index in [1.54, 1.807) is 0 Å². The lowest BCUT2D eigenvalue weighted by Crippen LogP contribution is -2.29. The molecule has 1 aromatic rings. The highest BCUT2D eigenvalue weighted by molar-refractivity contribution is 6.23. The van der Waals surface area contributed by atoms with Crippen molar-refractivity contribution in [3.63, 3.8) is 0 Å². The van der Waals surface area contributed by atoms with Crippen LogP contribution in [0, 0.1) is 11.6 Å². The number of nitrogens with one attached hydrogen (secondary N) is 1. The molecule has 0 fully saturated rings. The minimum atomic E-state index is -1.12. The Hall–Kier alpha value is -2.31. The molecule has 3 N–H and O–H groups in total. The monoisotopic (exact) mass is 253 g/mol. The van der Waals surface area contributed by atoms with Crippen molar-refractivity contribution >= 4 is 17.6 Å². The molecule has 1 heterocycles. The van der Waals surface area contributed by atoms with Gasteiger partial charge in [-0.1, -0.05) is 0 Å². The van der Waals surface area contributed by atoms with Crippen molar-refractivity contribution in [2.24, 2.45) is 10.7 Å². The maximum Gasteiger partial charge on any atom is 0.257 e. The molecule has 18 heavy (non-hydrogen) atoms. The average Bonchev–Trinajstić information content (AvgIpc) is 2.57. The number of hydrogen-bond donors (Lipinski definition) is 2. The van der Waals surface area contributed by atoms with Crippen molar-refractivity contribution in [2.45, 2.75) is 13.0 Å². The van der Waals surface area contributed by atoms with Crippen LogP contribution in [0.2, 0.25) is 0 Å². The summed E-state index contributed by atoms with van der Waals surface area (Å²) >= 11 is 0. The first-order valence-corrected chi connectivity index (χ1v) is 5.08. The topological polar surface area (TPSA) is 84.6 Å². The molecule has 0 aromatic heterocycles. The number of primary amides is 1. The molecule has 0 aliphatic carbocycles. The Bertz CT molecular complexity index is 584. The lowest BCUT2D eigenvalue weighted by Gasteiger charge is -2.04. The molecule has 2 amide bonds. The molecule has 0 radical (unpaired) electrons. The predicted molar refractivity (Wildman–Crippen MR) is 59.0 cm³/mol. The highest BCUT2D eigenvalue weighted by atomic mass is 19.2. The van der Waals surface area contributed by atoms with Gasteiger partial charge in [0.15, 0.2) is 11.6 Å². The number of aliphatic imine (C=N–C) groups is 1. The van der Waals surface area contributed by atoms with Crippen molar-refractivity contribution in [3.8, 4) is 0 Å². The molecule has 1 atom stereocenters. The second-order valence-electron chi connectivity index (χ2n) is 3.82. The summed E-state index contributed by atoms with van der Waals surface area (Å²) in [5, 5.41) is 2.33. The quantitative estimate of drug-likeness (QED) is 0.795. The smallest absolute Gasteiger partial charge is 0.257 e. The Labute approximate surface area is 101 Å². The summed E-state index contributed by atoms with van der Waals surface area (Å²) in [6.07, 6.45) is 0. The molecule has 94 valence electrons. The van der Waals surface area contributed by atoms with Crippen molar-refractivity contribution < 1.29 is 18.4 Å². The number of nitrogens with zero attached hydrogens (tertiary/aromatic N) is 1. The van der Waals surface area contributed by atoms with Gasteiger partial charge in [-0.2, -0.15) is 0 Å². The number of rotatable bonds is 2. The normalized spacial score (nSPS) is 17.5. The van der Waals surface area contributed by atoms with E-state index < -0.39 is 29.5 Å². The van der Waals surface area contributed by atoms with E-state index in [0.717, 1.165) is 12.1 Å². The predicted octanol–water partition coefficient (Wildman–Crippen LogP) is 0.329. The summed E-state index contributed by atoms with van der Waals surface area (Å²) in [6, 6.07) is 0.770. The van der Waals surface area contributed by atoms with Crippen LogP contribution in [0.25, 0.3) is 0 Å². The Kier molecular flexibility index (Phi) is 2.82. The first kappa shape index (κ1) is 12.2. The molecule has 5 nitrogen and oxygen atoms in total. The number of amidine groups is 1. The second kappa shape index (κ2) is 4.17. The molecule has 1 aromatic carbocycles. The fraction of sp³-hybridized carbons (Fsp3) is 0.182. The Morgan fingerprint density at radius 2 is 1.89 bits per heavy atom. The minimum absolute atomic E-state index is 0.0141. The second-order valence-corrected chi connectivity index (χ2v) is 3.82. The van der Waals surface area contributed by atoms with E-state index in [1.165, 1.54) is 6.92 Å². The van der Waals surface area contributed by atoms with Crippen LogP contribution < -0.4 is 11.1 Å². The van der Waals surface area contributed by atoms with Gasteiger partial charge in [0.25, 0.3) is 5.91 Å². The number of benzene rings is 1. The number of fused-ring (bicyclic) bond motifs is 1. The van der Waals surface area contributed by atoms with Crippen LogP contribution in [0.4, 0.5) is 8.78 Å². The van der Waals surface area contributed by atoms with Gasteiger partial charge < -0.3 is 11.1 Å². The van der Waals surface area contributed by atoms with E-state index >= 15 is 0 Å². The van der Waals surface area contributed by atoms with Crippen LogP contribution >= 0.6 is 0 Å². The molecule has 0 saturated heterocycles. The van der Waals surface area contributed by atoms with Gasteiger partial charge in [0.1, 0.15) is 11.9 Å². The standard InChI is InChI=1S/C11H9F2N3O2/c1-4(9(14)17)15-10-5-2-7(12)8(13)3-6(5)11(18)16-10/h2-4H,1H3,(H2,14,17)(H,15,16,18)/t4-/m0/s1. The fourth-order valence-electron chi connectivity index (χ4n) is 1.53. The van der Waals surface area contributed by atoms with Gasteiger partial charge in [0.2, 0.25) is 5.91 Å². The maximum atomic E-state index is 13.1. The van der Waals surface area contributed by atoms with Crippen LogP contribution in [-0.4, -0.2) is 23.7 Å². The van der Waals surface area contributed by atoms with Crippen LogP contribution in [0.5, 0.6) is 0 Å². The molecule has 0 bridgehead atoms. The summed E-state index contributed by atoms with van der Waals surface area (Å²) in [4.78, 5) is 26.2. The van der Waals surface area contributed by atoms with Crippen molar-refractivity contribution in [1.82, 2.24) is 5.32 Å². The van der Waals surface area contributed by atoms with E-state index in [9.17, 15) is 18.4 Å². The van der Waals surface area contributed by atoms with Crippen molar-refractivity contribution in [2.75, 3.05) is 0 Å². The molecule has 7 heteroatoms. The van der Waals surface area contributed by atoms with Gasteiger partial charge in [-0.3, -0.25) is 14.6 Å². The molecule has 0 saturated carbocycles. The number of halogens is 2. The third-order valence-corrected chi connectivity index (χ3v) is 2.53. The minimum Gasteiger partial charge on any atom is -0.368 e. The van der Waals surface area contributed by atoms with Crippen LogP contribution in [0.3, 0.4) is 0 Å². The van der Waals surface area contributed by atoms with Gasteiger partial charge in [-0.05, 0) is 19.1 Å². The number of amides is 2. The molecule has 0 unspecified atom stereocenters. The largest absolute Gasteiger partial charge is 0.368 e. The maximum absolute atomic E-state index is 13.1. The SMILES string of the molecule is C[C@H](N=C1NC(=O)c2cc(F)c(F)cc21)C(N)=O. The molecule has 2 rings (SSSR count). The molecular formula is C11H9F2N3O2. The average molecular weight is 253 g/mol. The Morgan fingerprint density at radius 1 is 1.33 bits per heavy atom. The summed E-state index contributed by atoms with van der Waals surface area (Å²) < 4.78 is 26.1. The van der Waals surface area contributed by atoms with Gasteiger partial charge in [-0.25, -0.2) is 8.78 Å². The number of hydrogen-bond acceptors (Lipinski definition) is 3. The first-order chi connectivity index (χ1) is 8.40. The number of carbonyl (C=O) groups excluding carboxylic acids is 2. The highest BCUT2D eigenvalue weighted by Gasteiger charge is 2.28. The zero-order chi connectivity index (χ0) is 13.4. The first-order valence-electron chi connectivity index (χ1n) is 5.08. The van der Waals surface area contributed by atoms with Crippen molar-refractivity contribution in [3.05, 3.63) is 34.9 Å². The summed E-state index contributed by atoms with van der Waals surface area (Å²) in [6.45, 7) is 1.43. The van der Waals surface area contributed by atoms with E-state index in [2.05, 4.69) is 10.3 Å². The van der Waals surface area contributed by atoms with Crippen LogP contribution in [0.1, 0.15) is 22.8 Å². The summed E-state index contributed by atoms with van der Waals surface area (Å²) in [5.41, 5.74) is 5.12. The summed E-state index contributed by atoms with van der Waals surface area (Å²) in [5.74, 6) is -3.48. The zero-order valence-corrected chi connectivity index (χ0v) is 9.33. The van der Waals surface area contributed by atoms with E-state index in [0.29, 0.717) is 0 Å². The third kappa shape index (κ3) is 1.94. The molecule has 1 aliphatic rings. The van der Waals surface area contributed by atoms with Gasteiger partial charge in [0, 0.05) is 5.56 Å². The van der Waals surface area contributed by atoms with Crippen LogP contribution in [-0.2, 0) is 4.79 Å². The van der Waals surface area contributed by atoms with Gasteiger partial charge in [-0.15, -0.1) is 0 Å². The van der Waals surface area contributed by atoms with E-state index in [1.807, 2.05) is 0 Å². The molecule has 1 aliphatic heterocycles. The fourth-order valence-corrected chi connectivity index (χ4v) is 1.53. The third-order valence-electron chi connectivity index (χ3n) is 2.53. The lowest BCUT2D eigenvalue weighted by atomic mass is 10.1. The summed E-state index contributed by atoms with van der Waals surface area (Å²) in [7, 11) is 0. The van der Waals surface area contributed by atoms with E-state index in [4.69, 9.17) is 5.73 Å². The number of carbonyl (C=O) groups is 2. The lowest BCUT2D eigenvalue weighted by molar-refractivity contribution is -0.118. The van der Waals surface area contributed by atoms with Gasteiger partial charge >= 0.3 is 0 Å². The van der Waals surface area contributed by atoms with E-state index in [-0.39, 0.29) is 17.0 Å². The Morgan fingerprint density at radius 3 is 2.44 bits per heavy atom. The van der Waals surface area contributed by atoms with Gasteiger partial charge in [0.05, 0.1) is 5.56 Å².